The van der Waals surface area contributed by atoms with Crippen molar-refractivity contribution < 1.29 is 24.2 Å². The van der Waals surface area contributed by atoms with Gasteiger partial charge in [-0.3, -0.25) is 0 Å². The Bertz CT molecular complexity index is 736. The van der Waals surface area contributed by atoms with Gasteiger partial charge in [-0.25, -0.2) is 0 Å². The van der Waals surface area contributed by atoms with Crippen LogP contribution in [-0.4, -0.2) is 42.1 Å². The van der Waals surface area contributed by atoms with Gasteiger partial charge in [-0.1, -0.05) is 65.8 Å². The molecule has 0 saturated carbocycles. The van der Waals surface area contributed by atoms with Crippen molar-refractivity contribution in [3.63, 3.8) is 0 Å². The molecule has 0 radical (unpaired) electrons. The van der Waals surface area contributed by atoms with Crippen molar-refractivity contribution in [3.8, 4) is 0 Å². The molecule has 2 heterocycles. The molecule has 2 aliphatic heterocycles. The lowest BCUT2D eigenvalue weighted by Gasteiger charge is -2.35. The molecule has 136 valence electrons. The van der Waals surface area contributed by atoms with Crippen LogP contribution in [0.15, 0.2) is 65.8 Å². The average Bonchev–Trinajstić information content (AvgIpc) is 3.12. The summed E-state index contributed by atoms with van der Waals surface area (Å²) in [6, 6.07) is 19.7. The number of rotatable bonds is 6. The topological polar surface area (TPSA) is 69.5 Å². The highest BCUT2D eigenvalue weighted by Gasteiger charge is 2.50. The van der Waals surface area contributed by atoms with Gasteiger partial charge in [-0.15, -0.1) is 0 Å². The van der Waals surface area contributed by atoms with Crippen LogP contribution >= 0.6 is 0 Å². The minimum absolute atomic E-state index is 0.255. The first-order chi connectivity index (χ1) is 12.8. The van der Waals surface area contributed by atoms with Gasteiger partial charge >= 0.3 is 0 Å². The van der Waals surface area contributed by atoms with Gasteiger partial charge < -0.3 is 24.2 Å². The first-order valence-electron chi connectivity index (χ1n) is 8.65. The van der Waals surface area contributed by atoms with E-state index in [2.05, 4.69) is 5.16 Å². The van der Waals surface area contributed by atoms with Crippen LogP contribution in [0.3, 0.4) is 0 Å². The molecule has 0 aromatic heterocycles. The molecule has 0 spiro atoms. The second kappa shape index (κ2) is 7.97. The number of nitrogens with zero attached hydrogens (tertiary/aromatic N) is 1. The Kier molecular flexibility index (Phi) is 5.26. The number of ether oxygens (including phenoxy) is 4. The Labute approximate surface area is 151 Å². The monoisotopic (exact) mass is 355 g/mol. The molecule has 0 unspecified atom stereocenters. The van der Waals surface area contributed by atoms with Crippen LogP contribution in [0, 0.1) is 0 Å². The lowest BCUT2D eigenvalue weighted by Crippen LogP contribution is -2.53. The largest absolute Gasteiger partial charge is 0.411 e. The molecule has 2 saturated heterocycles. The second-order valence-electron chi connectivity index (χ2n) is 6.34. The summed E-state index contributed by atoms with van der Waals surface area (Å²) in [7, 11) is 0. The van der Waals surface area contributed by atoms with Crippen LogP contribution in [0.25, 0.3) is 0 Å². The van der Waals surface area contributed by atoms with E-state index in [9.17, 15) is 5.21 Å². The zero-order valence-electron chi connectivity index (χ0n) is 14.2. The van der Waals surface area contributed by atoms with Gasteiger partial charge in [0.1, 0.15) is 24.0 Å². The van der Waals surface area contributed by atoms with E-state index in [1.807, 2.05) is 60.7 Å². The van der Waals surface area contributed by atoms with Crippen LogP contribution in [0.5, 0.6) is 0 Å². The quantitative estimate of drug-likeness (QED) is 0.637. The van der Waals surface area contributed by atoms with E-state index >= 15 is 0 Å². The summed E-state index contributed by atoms with van der Waals surface area (Å²) in [4.78, 5) is 0. The van der Waals surface area contributed by atoms with Crippen molar-refractivity contribution in [2.24, 2.45) is 5.16 Å². The molecule has 2 aromatic rings. The predicted molar refractivity (Wildman–Crippen MR) is 93.9 cm³/mol. The molecule has 4 atom stereocenters. The van der Waals surface area contributed by atoms with Gasteiger partial charge in [0.15, 0.2) is 0 Å². The van der Waals surface area contributed by atoms with Crippen LogP contribution in [0.4, 0.5) is 0 Å². The van der Waals surface area contributed by atoms with Crippen molar-refractivity contribution in [2.45, 2.75) is 37.8 Å². The Hall–Kier alpha value is -2.25. The minimum atomic E-state index is -0.678. The Morgan fingerprint density at radius 2 is 1.54 bits per heavy atom. The highest BCUT2D eigenvalue weighted by atomic mass is 16.7. The number of oxime groups is 1. The van der Waals surface area contributed by atoms with Crippen molar-refractivity contribution >= 4 is 5.71 Å². The van der Waals surface area contributed by atoms with E-state index in [1.54, 1.807) is 0 Å². The third-order valence-corrected chi connectivity index (χ3v) is 4.58. The summed E-state index contributed by atoms with van der Waals surface area (Å²) in [5, 5.41) is 12.9. The second-order valence-corrected chi connectivity index (χ2v) is 6.34. The Morgan fingerprint density at radius 1 is 0.923 bits per heavy atom. The summed E-state index contributed by atoms with van der Waals surface area (Å²) in [6.07, 6.45) is -1.88. The smallest absolute Gasteiger partial charge is 0.203 e. The maximum absolute atomic E-state index is 9.47. The van der Waals surface area contributed by atoms with Crippen LogP contribution in [-0.2, 0) is 32.2 Å². The molecule has 0 aliphatic carbocycles. The molecule has 2 bridgehead atoms. The molecule has 2 fully saturated rings. The number of hydrogen-bond donors (Lipinski definition) is 1. The molecule has 0 amide bonds. The summed E-state index contributed by atoms with van der Waals surface area (Å²) >= 11 is 0. The maximum Gasteiger partial charge on any atom is 0.203 e. The fourth-order valence-electron chi connectivity index (χ4n) is 3.25. The molecule has 26 heavy (non-hydrogen) atoms. The predicted octanol–water partition coefficient (Wildman–Crippen LogP) is 2.74. The van der Waals surface area contributed by atoms with Crippen molar-refractivity contribution in [1.82, 2.24) is 0 Å². The Balaban J connectivity index is 1.50. The zero-order chi connectivity index (χ0) is 17.8. The van der Waals surface area contributed by atoms with Crippen molar-refractivity contribution in [1.29, 1.82) is 0 Å². The van der Waals surface area contributed by atoms with Crippen LogP contribution in [0.1, 0.15) is 11.1 Å². The number of fused-ring (bicyclic) bond motifs is 2. The minimum Gasteiger partial charge on any atom is -0.411 e. The van der Waals surface area contributed by atoms with E-state index in [0.29, 0.717) is 25.5 Å². The average molecular weight is 355 g/mol. The third-order valence-electron chi connectivity index (χ3n) is 4.58. The SMILES string of the molecule is ON=C1[C@@H]2OC[C@@H](O2)[C@@H](OCc2ccccc2)[C@@H]1OCc1ccccc1. The lowest BCUT2D eigenvalue weighted by atomic mass is 10.0. The standard InChI is InChI=1S/C20H21NO5/c22-21-17-19(24-12-15-9-5-2-6-10-15)18(16-13-25-20(17)26-16)23-11-14-7-3-1-4-8-14/h1-10,16,18-20,22H,11-13H2/t16-,18-,19-,20-/m1/s1. The fraction of sp³-hybridized carbons (Fsp3) is 0.350. The van der Waals surface area contributed by atoms with Crippen molar-refractivity contribution in [2.75, 3.05) is 6.61 Å². The van der Waals surface area contributed by atoms with Crippen molar-refractivity contribution in [3.05, 3.63) is 71.8 Å². The zero-order valence-corrected chi connectivity index (χ0v) is 14.2. The molecule has 6 heteroatoms. The van der Waals surface area contributed by atoms with E-state index in [1.165, 1.54) is 0 Å². The summed E-state index contributed by atoms with van der Waals surface area (Å²) in [6.45, 7) is 1.18. The summed E-state index contributed by atoms with van der Waals surface area (Å²) in [5.74, 6) is 0. The van der Waals surface area contributed by atoms with E-state index in [0.717, 1.165) is 11.1 Å². The third kappa shape index (κ3) is 3.64. The summed E-state index contributed by atoms with van der Waals surface area (Å²) < 4.78 is 23.5. The van der Waals surface area contributed by atoms with Gasteiger partial charge in [0, 0.05) is 0 Å². The number of benzene rings is 2. The summed E-state index contributed by atoms with van der Waals surface area (Å²) in [5.41, 5.74) is 2.40. The molecular formula is C20H21NO5. The van der Waals surface area contributed by atoms with Crippen LogP contribution < -0.4 is 0 Å². The van der Waals surface area contributed by atoms with Gasteiger partial charge in [0.2, 0.25) is 6.29 Å². The highest BCUT2D eigenvalue weighted by Crippen LogP contribution is 2.31. The molecule has 1 N–H and O–H groups in total. The first kappa shape index (κ1) is 17.2. The lowest BCUT2D eigenvalue weighted by molar-refractivity contribution is -0.144. The maximum atomic E-state index is 9.47. The molecule has 2 aliphatic rings. The first-order valence-corrected chi connectivity index (χ1v) is 8.65. The molecule has 2 aromatic carbocycles. The Morgan fingerprint density at radius 3 is 2.15 bits per heavy atom. The fourth-order valence-corrected chi connectivity index (χ4v) is 3.25. The molecular weight excluding hydrogens is 334 g/mol. The van der Waals surface area contributed by atoms with Gasteiger partial charge in [-0.2, -0.15) is 0 Å². The van der Waals surface area contributed by atoms with Gasteiger partial charge in [-0.05, 0) is 11.1 Å². The van der Waals surface area contributed by atoms with Gasteiger partial charge in [0.05, 0.1) is 19.8 Å². The molecule has 4 rings (SSSR count). The number of hydrogen-bond acceptors (Lipinski definition) is 6. The van der Waals surface area contributed by atoms with E-state index < -0.39 is 18.5 Å². The highest BCUT2D eigenvalue weighted by molar-refractivity contribution is 5.93. The van der Waals surface area contributed by atoms with E-state index in [4.69, 9.17) is 18.9 Å². The van der Waals surface area contributed by atoms with Gasteiger partial charge in [0.25, 0.3) is 0 Å². The van der Waals surface area contributed by atoms with E-state index in [-0.39, 0.29) is 6.10 Å². The molecule has 6 nitrogen and oxygen atoms in total. The van der Waals surface area contributed by atoms with Crippen LogP contribution in [0.2, 0.25) is 0 Å². The normalized spacial score (nSPS) is 29.2.